The van der Waals surface area contributed by atoms with Crippen LogP contribution in [0.5, 0.6) is 11.5 Å². The molecule has 0 aliphatic rings. The Kier molecular flexibility index (Phi) is 2.80. The van der Waals surface area contributed by atoms with Gasteiger partial charge < -0.3 is 9.72 Å². The quantitative estimate of drug-likeness (QED) is 0.752. The monoisotopic (exact) mass is 235 g/mol. The van der Waals surface area contributed by atoms with Crippen molar-refractivity contribution in [2.45, 2.75) is 0 Å². The van der Waals surface area contributed by atoms with E-state index < -0.39 is 0 Å². The average Bonchev–Trinajstić information content (AvgIpc) is 2.94. The van der Waals surface area contributed by atoms with E-state index in [0.29, 0.717) is 0 Å². The van der Waals surface area contributed by atoms with Crippen LogP contribution in [0.25, 0.3) is 11.3 Å². The van der Waals surface area contributed by atoms with Crippen molar-refractivity contribution in [2.75, 3.05) is 0 Å². The lowest BCUT2D eigenvalue weighted by Crippen LogP contribution is -1.87. The molecule has 1 aromatic heterocycles. The molecule has 0 bridgehead atoms. The summed E-state index contributed by atoms with van der Waals surface area (Å²) < 4.78 is 5.87. The summed E-state index contributed by atoms with van der Waals surface area (Å²) in [6.45, 7) is 0. The van der Waals surface area contributed by atoms with Gasteiger partial charge in [0.2, 0.25) is 0 Å². The fourth-order valence-corrected chi connectivity index (χ4v) is 1.75. The van der Waals surface area contributed by atoms with E-state index >= 15 is 0 Å². The lowest BCUT2D eigenvalue weighted by molar-refractivity contribution is 0.484. The standard InChI is InChI=1S/C15H11N2O/c1-2-6-12(7-3-1)18-15-9-5-4-8-13(15)14-10-16-11-17-14/h1-10H,(H,16,17). The number of aromatic nitrogens is 2. The third kappa shape index (κ3) is 2.11. The van der Waals surface area contributed by atoms with E-state index in [9.17, 15) is 0 Å². The van der Waals surface area contributed by atoms with E-state index in [1.807, 2.05) is 54.6 Å². The summed E-state index contributed by atoms with van der Waals surface area (Å²) in [5.74, 6) is 1.59. The van der Waals surface area contributed by atoms with Crippen LogP contribution in [0.2, 0.25) is 0 Å². The van der Waals surface area contributed by atoms with Gasteiger partial charge in [0.25, 0.3) is 0 Å². The van der Waals surface area contributed by atoms with Crippen molar-refractivity contribution < 1.29 is 4.74 Å². The fourth-order valence-electron chi connectivity index (χ4n) is 1.75. The topological polar surface area (TPSA) is 37.9 Å². The molecule has 1 heterocycles. The first-order valence-electron chi connectivity index (χ1n) is 5.67. The fraction of sp³-hybridized carbons (Fsp3) is 0. The van der Waals surface area contributed by atoms with Gasteiger partial charge in [0.1, 0.15) is 11.5 Å². The third-order valence-corrected chi connectivity index (χ3v) is 2.58. The van der Waals surface area contributed by atoms with Gasteiger partial charge in [0.15, 0.2) is 6.33 Å². The zero-order valence-electron chi connectivity index (χ0n) is 9.63. The number of para-hydroxylation sites is 2. The van der Waals surface area contributed by atoms with Gasteiger partial charge in [-0.1, -0.05) is 30.3 Å². The van der Waals surface area contributed by atoms with Crippen LogP contribution in [0.4, 0.5) is 0 Å². The van der Waals surface area contributed by atoms with Gasteiger partial charge in [-0.2, -0.15) is 0 Å². The molecule has 0 aliphatic carbocycles. The van der Waals surface area contributed by atoms with Crippen LogP contribution in [-0.2, 0) is 0 Å². The van der Waals surface area contributed by atoms with Crippen LogP contribution in [0, 0.1) is 6.33 Å². The highest BCUT2D eigenvalue weighted by Gasteiger charge is 2.08. The van der Waals surface area contributed by atoms with E-state index in [0.717, 1.165) is 22.8 Å². The number of H-pyrrole nitrogens is 1. The number of ether oxygens (including phenoxy) is 1. The number of hydrogen-bond acceptors (Lipinski definition) is 2. The Morgan fingerprint density at radius 3 is 2.50 bits per heavy atom. The lowest BCUT2D eigenvalue weighted by Gasteiger charge is -2.09. The molecule has 0 fully saturated rings. The average molecular weight is 235 g/mol. The Bertz CT molecular complexity index is 618. The molecule has 0 saturated carbocycles. The van der Waals surface area contributed by atoms with Crippen molar-refractivity contribution in [1.82, 2.24) is 9.97 Å². The number of nitrogens with one attached hydrogen (secondary N) is 1. The molecule has 0 amide bonds. The third-order valence-electron chi connectivity index (χ3n) is 2.58. The molecule has 3 nitrogen and oxygen atoms in total. The molecule has 18 heavy (non-hydrogen) atoms. The first-order chi connectivity index (χ1) is 8.93. The number of benzene rings is 2. The summed E-state index contributed by atoms with van der Waals surface area (Å²) in [6.07, 6.45) is 4.49. The summed E-state index contributed by atoms with van der Waals surface area (Å²) in [6, 6.07) is 17.5. The molecule has 0 unspecified atom stereocenters. The number of rotatable bonds is 3. The van der Waals surface area contributed by atoms with Crippen LogP contribution >= 0.6 is 0 Å². The van der Waals surface area contributed by atoms with Crippen LogP contribution < -0.4 is 4.74 Å². The van der Waals surface area contributed by atoms with E-state index in [-0.39, 0.29) is 0 Å². The summed E-state index contributed by atoms with van der Waals surface area (Å²) in [7, 11) is 0. The Balaban J connectivity index is 1.98. The molecule has 0 aliphatic heterocycles. The van der Waals surface area contributed by atoms with Crippen molar-refractivity contribution in [3.8, 4) is 22.8 Å². The first kappa shape index (κ1) is 10.6. The normalized spacial score (nSPS) is 10.2. The van der Waals surface area contributed by atoms with Crippen LogP contribution in [0.1, 0.15) is 0 Å². The molecule has 0 saturated heterocycles. The molecular weight excluding hydrogens is 224 g/mol. The summed E-state index contributed by atoms with van der Waals surface area (Å²) >= 11 is 0. The molecule has 3 aromatic rings. The van der Waals surface area contributed by atoms with Crippen LogP contribution in [-0.4, -0.2) is 9.97 Å². The smallest absolute Gasteiger partial charge is 0.174 e. The minimum absolute atomic E-state index is 0.782. The molecule has 87 valence electrons. The largest absolute Gasteiger partial charge is 0.457 e. The summed E-state index contributed by atoms with van der Waals surface area (Å²) in [5, 5.41) is 0. The number of aromatic amines is 1. The van der Waals surface area contributed by atoms with Crippen molar-refractivity contribution in [3.63, 3.8) is 0 Å². The van der Waals surface area contributed by atoms with Gasteiger partial charge >= 0.3 is 0 Å². The zero-order chi connectivity index (χ0) is 12.2. The maximum atomic E-state index is 5.87. The molecule has 1 radical (unpaired) electrons. The van der Waals surface area contributed by atoms with Crippen molar-refractivity contribution in [2.24, 2.45) is 0 Å². The minimum Gasteiger partial charge on any atom is -0.457 e. The van der Waals surface area contributed by atoms with Crippen molar-refractivity contribution in [1.29, 1.82) is 0 Å². The Morgan fingerprint density at radius 2 is 1.72 bits per heavy atom. The van der Waals surface area contributed by atoms with Gasteiger partial charge in [-0.15, -0.1) is 0 Å². The number of imidazole rings is 1. The Morgan fingerprint density at radius 1 is 0.944 bits per heavy atom. The molecule has 2 aromatic carbocycles. The minimum atomic E-state index is 0.782. The first-order valence-corrected chi connectivity index (χ1v) is 5.67. The highest BCUT2D eigenvalue weighted by molar-refractivity contribution is 5.66. The predicted molar refractivity (Wildman–Crippen MR) is 69.4 cm³/mol. The molecular formula is C15H11N2O. The van der Waals surface area contributed by atoms with E-state index in [4.69, 9.17) is 4.74 Å². The summed E-state index contributed by atoms with van der Waals surface area (Å²) in [4.78, 5) is 6.96. The van der Waals surface area contributed by atoms with Crippen molar-refractivity contribution >= 4 is 0 Å². The predicted octanol–water partition coefficient (Wildman–Crippen LogP) is 3.67. The summed E-state index contributed by atoms with van der Waals surface area (Å²) in [5.41, 5.74) is 1.76. The van der Waals surface area contributed by atoms with Crippen LogP contribution in [0.15, 0.2) is 60.8 Å². The van der Waals surface area contributed by atoms with Gasteiger partial charge in [-0.25, -0.2) is 4.98 Å². The van der Waals surface area contributed by atoms with Gasteiger partial charge in [-0.05, 0) is 24.3 Å². The SMILES string of the molecule is [c]1nc(-c2ccccc2Oc2ccccc2)c[nH]1. The molecule has 0 spiro atoms. The van der Waals surface area contributed by atoms with E-state index in [1.54, 1.807) is 6.20 Å². The van der Waals surface area contributed by atoms with Gasteiger partial charge in [0, 0.05) is 11.8 Å². The second-order valence-electron chi connectivity index (χ2n) is 3.81. The molecule has 1 N–H and O–H groups in total. The number of nitrogens with zero attached hydrogens (tertiary/aromatic N) is 1. The maximum Gasteiger partial charge on any atom is 0.174 e. The Labute approximate surface area is 105 Å². The number of hydrogen-bond donors (Lipinski definition) is 1. The van der Waals surface area contributed by atoms with Crippen molar-refractivity contribution in [3.05, 3.63) is 67.1 Å². The van der Waals surface area contributed by atoms with Gasteiger partial charge in [-0.3, -0.25) is 0 Å². The van der Waals surface area contributed by atoms with Crippen LogP contribution in [0.3, 0.4) is 0 Å². The lowest BCUT2D eigenvalue weighted by atomic mass is 10.1. The van der Waals surface area contributed by atoms with E-state index in [2.05, 4.69) is 16.3 Å². The highest BCUT2D eigenvalue weighted by atomic mass is 16.5. The molecule has 0 atom stereocenters. The van der Waals surface area contributed by atoms with Gasteiger partial charge in [0.05, 0.1) is 5.69 Å². The molecule has 3 rings (SSSR count). The highest BCUT2D eigenvalue weighted by Crippen LogP contribution is 2.31. The second kappa shape index (κ2) is 4.75. The Hall–Kier alpha value is -2.55. The van der Waals surface area contributed by atoms with E-state index in [1.165, 1.54) is 0 Å². The molecule has 3 heteroatoms. The maximum absolute atomic E-state index is 5.87. The second-order valence-corrected chi connectivity index (χ2v) is 3.81. The zero-order valence-corrected chi connectivity index (χ0v) is 9.63.